The average Bonchev–Trinajstić information content (AvgIpc) is 3.67. The SMILES string of the molecule is CCOc1ncc(-c2cc(N(C)CC3(COC)CCCC3)c3[nH]c(NC(=O)c4ccc(CCCC(=O)O)cn4)nc3n2)cc1C(F)(F)F. The molecule has 0 aromatic carbocycles. The van der Waals surface area contributed by atoms with Gasteiger partial charge in [-0.1, -0.05) is 18.9 Å². The van der Waals surface area contributed by atoms with E-state index in [1.165, 1.54) is 18.5 Å². The number of pyridine rings is 3. The summed E-state index contributed by atoms with van der Waals surface area (Å²) in [4.78, 5) is 46.2. The minimum absolute atomic E-state index is 0.0199. The van der Waals surface area contributed by atoms with Gasteiger partial charge in [0.1, 0.15) is 16.8 Å². The van der Waals surface area contributed by atoms with E-state index < -0.39 is 29.5 Å². The van der Waals surface area contributed by atoms with Crippen LogP contribution in [0.2, 0.25) is 0 Å². The third-order valence-electron chi connectivity index (χ3n) is 8.42. The lowest BCUT2D eigenvalue weighted by atomic mass is 9.86. The van der Waals surface area contributed by atoms with Gasteiger partial charge < -0.3 is 24.5 Å². The molecular formula is C33H38F3N7O5. The van der Waals surface area contributed by atoms with Gasteiger partial charge in [-0.15, -0.1) is 0 Å². The molecule has 12 nitrogen and oxygen atoms in total. The molecule has 0 radical (unpaired) electrons. The van der Waals surface area contributed by atoms with Gasteiger partial charge in [0.05, 0.1) is 24.6 Å². The first-order valence-corrected chi connectivity index (χ1v) is 15.7. The first-order chi connectivity index (χ1) is 22.9. The molecule has 0 atom stereocenters. The van der Waals surface area contributed by atoms with Crippen molar-refractivity contribution in [1.29, 1.82) is 0 Å². The summed E-state index contributed by atoms with van der Waals surface area (Å²) in [6.45, 7) is 2.77. The van der Waals surface area contributed by atoms with E-state index in [0.717, 1.165) is 37.3 Å². The molecule has 1 saturated carbocycles. The topological polar surface area (TPSA) is 155 Å². The monoisotopic (exact) mass is 669 g/mol. The number of carboxylic acid groups (broad SMARTS) is 1. The van der Waals surface area contributed by atoms with Crippen molar-refractivity contribution >= 4 is 34.7 Å². The fraction of sp³-hybridized carbons (Fsp3) is 0.455. The van der Waals surface area contributed by atoms with E-state index in [2.05, 4.69) is 30.2 Å². The molecule has 0 bridgehead atoms. The van der Waals surface area contributed by atoms with Gasteiger partial charge in [0.25, 0.3) is 5.91 Å². The second-order valence-corrected chi connectivity index (χ2v) is 12.1. The number of hydrogen-bond acceptors (Lipinski definition) is 9. The third-order valence-corrected chi connectivity index (χ3v) is 8.42. The number of amides is 1. The number of aromatic amines is 1. The lowest BCUT2D eigenvalue weighted by molar-refractivity contribution is -0.139. The molecule has 0 unspecified atom stereocenters. The van der Waals surface area contributed by atoms with Crippen LogP contribution in [0.25, 0.3) is 22.4 Å². The Balaban J connectivity index is 1.49. The Kier molecular flexibility index (Phi) is 10.5. The zero-order valence-corrected chi connectivity index (χ0v) is 27.0. The van der Waals surface area contributed by atoms with Crippen molar-refractivity contribution in [1.82, 2.24) is 24.9 Å². The van der Waals surface area contributed by atoms with E-state index >= 15 is 0 Å². The van der Waals surface area contributed by atoms with Crippen LogP contribution in [-0.4, -0.2) is 75.8 Å². The Morgan fingerprint density at radius 3 is 2.54 bits per heavy atom. The van der Waals surface area contributed by atoms with Crippen molar-refractivity contribution in [2.24, 2.45) is 5.41 Å². The molecule has 15 heteroatoms. The summed E-state index contributed by atoms with van der Waals surface area (Å²) in [6.07, 6.45) is 3.18. The number of ether oxygens (including phenoxy) is 2. The van der Waals surface area contributed by atoms with Crippen LogP contribution in [0.1, 0.15) is 67.1 Å². The van der Waals surface area contributed by atoms with Gasteiger partial charge in [-0.2, -0.15) is 18.2 Å². The molecule has 0 spiro atoms. The van der Waals surface area contributed by atoms with Crippen LogP contribution in [-0.2, 0) is 22.1 Å². The molecule has 0 aliphatic heterocycles. The van der Waals surface area contributed by atoms with E-state index in [0.29, 0.717) is 37.2 Å². The van der Waals surface area contributed by atoms with Gasteiger partial charge in [0.2, 0.25) is 11.8 Å². The van der Waals surface area contributed by atoms with Crippen LogP contribution in [0.5, 0.6) is 5.88 Å². The maximum atomic E-state index is 14.0. The lowest BCUT2D eigenvalue weighted by Crippen LogP contribution is -2.37. The molecule has 4 aromatic heterocycles. The van der Waals surface area contributed by atoms with E-state index in [-0.39, 0.29) is 47.0 Å². The minimum Gasteiger partial charge on any atom is -0.481 e. The number of aryl methyl sites for hydroxylation is 1. The Morgan fingerprint density at radius 1 is 1.12 bits per heavy atom. The Bertz CT molecular complexity index is 1760. The number of carboxylic acids is 1. The number of anilines is 2. The van der Waals surface area contributed by atoms with Gasteiger partial charge >= 0.3 is 12.1 Å². The fourth-order valence-electron chi connectivity index (χ4n) is 6.22. The standard InChI is InChI=1S/C33H38F3N7O5/c1-4-48-30-22(33(34,35)36)14-21(17-38-30)24-15-25(43(2)18-32(19-47-3)12-5-6-13-32)27-28(39-24)41-31(40-27)42-29(46)23-11-10-20(16-37-23)8-7-9-26(44)45/h10-11,14-17H,4-9,12-13,18-19H2,1-3H3,(H,44,45)(H2,39,40,41,42,46). The summed E-state index contributed by atoms with van der Waals surface area (Å²) in [7, 11) is 3.57. The number of H-pyrrole nitrogens is 1. The third kappa shape index (κ3) is 8.01. The molecule has 5 rings (SSSR count). The predicted molar refractivity (Wildman–Crippen MR) is 172 cm³/mol. The maximum absolute atomic E-state index is 14.0. The van der Waals surface area contributed by atoms with Crippen molar-refractivity contribution < 1.29 is 37.3 Å². The number of carbonyl (C=O) groups is 2. The second kappa shape index (κ2) is 14.5. The zero-order valence-electron chi connectivity index (χ0n) is 27.0. The Morgan fingerprint density at radius 2 is 1.90 bits per heavy atom. The zero-order chi connectivity index (χ0) is 34.5. The molecule has 3 N–H and O–H groups in total. The number of aliphatic carboxylic acids is 1. The van der Waals surface area contributed by atoms with Crippen LogP contribution >= 0.6 is 0 Å². The normalized spacial score (nSPS) is 14.3. The number of nitrogens with one attached hydrogen (secondary N) is 2. The Labute approximate surface area is 275 Å². The number of aromatic nitrogens is 5. The van der Waals surface area contributed by atoms with Crippen LogP contribution in [0, 0.1) is 5.41 Å². The van der Waals surface area contributed by atoms with Gasteiger partial charge in [-0.05, 0) is 56.4 Å². The van der Waals surface area contributed by atoms with E-state index in [4.69, 9.17) is 14.6 Å². The predicted octanol–water partition coefficient (Wildman–Crippen LogP) is 6.14. The highest BCUT2D eigenvalue weighted by molar-refractivity contribution is 6.03. The van der Waals surface area contributed by atoms with Crippen LogP contribution < -0.4 is 15.0 Å². The van der Waals surface area contributed by atoms with Gasteiger partial charge in [0.15, 0.2) is 5.65 Å². The second-order valence-electron chi connectivity index (χ2n) is 12.1. The van der Waals surface area contributed by atoms with Gasteiger partial charge in [-0.3, -0.25) is 19.9 Å². The molecule has 1 fully saturated rings. The van der Waals surface area contributed by atoms with Crippen molar-refractivity contribution in [3.8, 4) is 17.1 Å². The first-order valence-electron chi connectivity index (χ1n) is 15.7. The summed E-state index contributed by atoms with van der Waals surface area (Å²) >= 11 is 0. The molecule has 1 aliphatic carbocycles. The summed E-state index contributed by atoms with van der Waals surface area (Å²) in [5.74, 6) is -1.86. The van der Waals surface area contributed by atoms with Crippen molar-refractivity contribution in [2.75, 3.05) is 44.1 Å². The van der Waals surface area contributed by atoms with Crippen molar-refractivity contribution in [3.05, 3.63) is 53.5 Å². The van der Waals surface area contributed by atoms with Crippen molar-refractivity contribution in [3.63, 3.8) is 0 Å². The number of halogens is 3. The maximum Gasteiger partial charge on any atom is 0.421 e. The summed E-state index contributed by atoms with van der Waals surface area (Å²) in [6, 6.07) is 5.90. The molecule has 4 heterocycles. The quantitative estimate of drug-likeness (QED) is 0.143. The molecule has 1 aliphatic rings. The number of imidazole rings is 1. The highest BCUT2D eigenvalue weighted by atomic mass is 19.4. The highest BCUT2D eigenvalue weighted by Gasteiger charge is 2.37. The first kappa shape index (κ1) is 34.5. The number of rotatable bonds is 14. The Hall–Kier alpha value is -4.79. The van der Waals surface area contributed by atoms with E-state index in [1.807, 2.05) is 11.9 Å². The van der Waals surface area contributed by atoms with Crippen LogP contribution in [0.4, 0.5) is 24.8 Å². The molecule has 48 heavy (non-hydrogen) atoms. The van der Waals surface area contributed by atoms with E-state index in [1.54, 1.807) is 26.2 Å². The van der Waals surface area contributed by atoms with Gasteiger partial charge in [0, 0.05) is 50.5 Å². The molecule has 256 valence electrons. The van der Waals surface area contributed by atoms with Crippen molar-refractivity contribution in [2.45, 2.75) is 58.0 Å². The van der Waals surface area contributed by atoms with E-state index in [9.17, 15) is 22.8 Å². The average molecular weight is 670 g/mol. The number of methoxy groups -OCH3 is 1. The highest BCUT2D eigenvalue weighted by Crippen LogP contribution is 2.42. The lowest BCUT2D eigenvalue weighted by Gasteiger charge is -2.34. The number of carbonyl (C=O) groups excluding carboxylic acids is 1. The summed E-state index contributed by atoms with van der Waals surface area (Å²) in [5, 5.41) is 11.5. The van der Waals surface area contributed by atoms with Gasteiger partial charge in [-0.25, -0.2) is 9.97 Å². The van der Waals surface area contributed by atoms with Crippen LogP contribution in [0.15, 0.2) is 36.7 Å². The fourth-order valence-corrected chi connectivity index (χ4v) is 6.22. The molecule has 1 amide bonds. The number of hydrogen-bond donors (Lipinski definition) is 3. The molecule has 4 aromatic rings. The largest absolute Gasteiger partial charge is 0.481 e. The number of alkyl halides is 3. The summed E-state index contributed by atoms with van der Waals surface area (Å²) < 4.78 is 52.7. The minimum atomic E-state index is -4.71. The summed E-state index contributed by atoms with van der Waals surface area (Å²) in [5.41, 5.74) is 1.42. The smallest absolute Gasteiger partial charge is 0.421 e. The number of nitrogens with zero attached hydrogens (tertiary/aromatic N) is 5. The molecule has 0 saturated heterocycles. The number of fused-ring (bicyclic) bond motifs is 1. The molecular weight excluding hydrogens is 631 g/mol. The van der Waals surface area contributed by atoms with Crippen LogP contribution in [0.3, 0.4) is 0 Å².